The number of thiazole rings is 1. The molecule has 2 N–H and O–H groups in total. The van der Waals surface area contributed by atoms with Crippen LogP contribution in [-0.2, 0) is 0 Å². The Kier molecular flexibility index (Phi) is 4.13. The fourth-order valence-electron chi connectivity index (χ4n) is 1.74. The van der Waals surface area contributed by atoms with E-state index in [1.807, 2.05) is 0 Å². The number of nitrogens with zero attached hydrogens (tertiary/aromatic N) is 2. The van der Waals surface area contributed by atoms with E-state index in [4.69, 9.17) is 5.11 Å². The number of rotatable bonds is 5. The SMILES string of the molecule is CC(Nc1cc(C(=O)O)c(F)cc1[N+](=O)[O-])c1nccs1. The molecule has 0 saturated heterocycles. The van der Waals surface area contributed by atoms with Crippen LogP contribution in [0.4, 0.5) is 15.8 Å². The highest BCUT2D eigenvalue weighted by molar-refractivity contribution is 7.09. The van der Waals surface area contributed by atoms with Crippen molar-refractivity contribution in [2.75, 3.05) is 5.32 Å². The molecule has 0 spiro atoms. The van der Waals surface area contributed by atoms with E-state index >= 15 is 0 Å². The van der Waals surface area contributed by atoms with Crippen molar-refractivity contribution in [1.82, 2.24) is 4.98 Å². The third-order valence-electron chi connectivity index (χ3n) is 2.71. The molecular formula is C12H10FN3O4S. The molecule has 1 aromatic heterocycles. The molecular weight excluding hydrogens is 301 g/mol. The van der Waals surface area contributed by atoms with Gasteiger partial charge in [-0.25, -0.2) is 14.2 Å². The number of benzene rings is 1. The summed E-state index contributed by atoms with van der Waals surface area (Å²) in [5.41, 5.74) is -1.23. The number of anilines is 1. The first-order chi connectivity index (χ1) is 9.90. The first kappa shape index (κ1) is 14.9. The van der Waals surface area contributed by atoms with Gasteiger partial charge in [-0.15, -0.1) is 11.3 Å². The van der Waals surface area contributed by atoms with E-state index in [9.17, 15) is 19.3 Å². The minimum atomic E-state index is -1.49. The largest absolute Gasteiger partial charge is 0.478 e. The molecule has 0 bridgehead atoms. The zero-order valence-electron chi connectivity index (χ0n) is 10.7. The molecule has 110 valence electrons. The molecule has 0 amide bonds. The summed E-state index contributed by atoms with van der Waals surface area (Å²) < 4.78 is 13.5. The van der Waals surface area contributed by atoms with Crippen molar-refractivity contribution >= 4 is 28.7 Å². The number of aromatic carboxylic acids is 1. The minimum Gasteiger partial charge on any atom is -0.478 e. The molecule has 0 aliphatic heterocycles. The molecule has 1 aromatic carbocycles. The molecule has 0 aliphatic carbocycles. The van der Waals surface area contributed by atoms with Crippen LogP contribution in [0.5, 0.6) is 0 Å². The molecule has 9 heteroatoms. The summed E-state index contributed by atoms with van der Waals surface area (Å²) in [4.78, 5) is 25.2. The fraction of sp³-hybridized carbons (Fsp3) is 0.167. The van der Waals surface area contributed by atoms with Crippen molar-refractivity contribution in [2.24, 2.45) is 0 Å². The van der Waals surface area contributed by atoms with Gasteiger partial charge in [-0.2, -0.15) is 0 Å². The number of hydrogen-bond acceptors (Lipinski definition) is 6. The van der Waals surface area contributed by atoms with Crippen LogP contribution in [-0.4, -0.2) is 21.0 Å². The Morgan fingerprint density at radius 1 is 1.57 bits per heavy atom. The first-order valence-electron chi connectivity index (χ1n) is 5.77. The smallest absolute Gasteiger partial charge is 0.338 e. The number of hydrogen-bond donors (Lipinski definition) is 2. The molecule has 2 aromatic rings. The molecule has 1 atom stereocenters. The van der Waals surface area contributed by atoms with Crippen molar-refractivity contribution in [1.29, 1.82) is 0 Å². The van der Waals surface area contributed by atoms with E-state index in [0.717, 1.165) is 6.07 Å². The van der Waals surface area contributed by atoms with E-state index in [0.29, 0.717) is 11.1 Å². The van der Waals surface area contributed by atoms with Gasteiger partial charge >= 0.3 is 5.97 Å². The van der Waals surface area contributed by atoms with Crippen LogP contribution in [0.25, 0.3) is 0 Å². The van der Waals surface area contributed by atoms with Crippen molar-refractivity contribution in [2.45, 2.75) is 13.0 Å². The van der Waals surface area contributed by atoms with Crippen LogP contribution in [0.3, 0.4) is 0 Å². The summed E-state index contributed by atoms with van der Waals surface area (Å²) >= 11 is 1.34. The van der Waals surface area contributed by atoms with Crippen molar-refractivity contribution in [3.8, 4) is 0 Å². The van der Waals surface area contributed by atoms with Crippen LogP contribution in [0.15, 0.2) is 23.7 Å². The summed E-state index contributed by atoms with van der Waals surface area (Å²) in [6, 6.07) is 1.14. The summed E-state index contributed by atoms with van der Waals surface area (Å²) in [6.45, 7) is 1.71. The second-order valence-corrected chi connectivity index (χ2v) is 5.07. The third kappa shape index (κ3) is 3.14. The number of carbonyl (C=O) groups is 1. The Morgan fingerprint density at radius 3 is 2.81 bits per heavy atom. The maximum Gasteiger partial charge on any atom is 0.338 e. The Morgan fingerprint density at radius 2 is 2.29 bits per heavy atom. The van der Waals surface area contributed by atoms with E-state index in [2.05, 4.69) is 10.3 Å². The monoisotopic (exact) mass is 311 g/mol. The highest BCUT2D eigenvalue weighted by Gasteiger charge is 2.23. The molecule has 21 heavy (non-hydrogen) atoms. The van der Waals surface area contributed by atoms with Crippen LogP contribution in [0.1, 0.15) is 28.3 Å². The number of halogens is 1. The number of nitro benzene ring substituents is 1. The van der Waals surface area contributed by atoms with E-state index in [1.165, 1.54) is 11.3 Å². The predicted octanol–water partition coefficient (Wildman–Crippen LogP) is 3.06. The molecule has 0 fully saturated rings. The predicted molar refractivity (Wildman–Crippen MR) is 74.2 cm³/mol. The maximum absolute atomic E-state index is 13.5. The van der Waals surface area contributed by atoms with E-state index < -0.39 is 28.0 Å². The molecule has 0 saturated carbocycles. The van der Waals surface area contributed by atoms with Crippen molar-refractivity contribution in [3.63, 3.8) is 0 Å². The number of carboxylic acid groups (broad SMARTS) is 1. The molecule has 2 rings (SSSR count). The fourth-order valence-corrected chi connectivity index (χ4v) is 2.38. The highest BCUT2D eigenvalue weighted by Crippen LogP contribution is 2.31. The van der Waals surface area contributed by atoms with Crippen LogP contribution >= 0.6 is 11.3 Å². The summed E-state index contributed by atoms with van der Waals surface area (Å²) in [5.74, 6) is -2.64. The van der Waals surface area contributed by atoms with Gasteiger partial charge in [0.15, 0.2) is 0 Å². The molecule has 1 unspecified atom stereocenters. The second-order valence-electron chi connectivity index (χ2n) is 4.15. The maximum atomic E-state index is 13.5. The van der Waals surface area contributed by atoms with E-state index in [-0.39, 0.29) is 11.7 Å². The lowest BCUT2D eigenvalue weighted by Gasteiger charge is -2.13. The zero-order valence-corrected chi connectivity index (χ0v) is 11.6. The Balaban J connectivity index is 2.42. The van der Waals surface area contributed by atoms with Gasteiger partial charge in [0.2, 0.25) is 0 Å². The summed E-state index contributed by atoms with van der Waals surface area (Å²) in [5, 5.41) is 25.1. The van der Waals surface area contributed by atoms with Gasteiger partial charge in [0.1, 0.15) is 16.5 Å². The lowest BCUT2D eigenvalue weighted by atomic mass is 10.1. The van der Waals surface area contributed by atoms with Gasteiger partial charge in [0.25, 0.3) is 5.69 Å². The number of aromatic nitrogens is 1. The quantitative estimate of drug-likeness (QED) is 0.649. The summed E-state index contributed by atoms with van der Waals surface area (Å²) in [7, 11) is 0. The highest BCUT2D eigenvalue weighted by atomic mass is 32.1. The van der Waals surface area contributed by atoms with Crippen LogP contribution in [0, 0.1) is 15.9 Å². The number of carboxylic acids is 1. The number of nitro groups is 1. The standard InChI is InChI=1S/C12H10FN3O4S/c1-6(11-14-2-3-21-11)15-9-4-7(12(17)18)8(13)5-10(9)16(19)20/h2-6,15H,1H3,(H,17,18). The zero-order chi connectivity index (χ0) is 15.6. The minimum absolute atomic E-state index is 0.0681. The average molecular weight is 311 g/mol. The Labute approximate surface area is 122 Å². The third-order valence-corrected chi connectivity index (χ3v) is 3.66. The van der Waals surface area contributed by atoms with Crippen LogP contribution < -0.4 is 5.32 Å². The molecule has 7 nitrogen and oxygen atoms in total. The van der Waals surface area contributed by atoms with Crippen LogP contribution in [0.2, 0.25) is 0 Å². The van der Waals surface area contributed by atoms with Gasteiger partial charge in [0.05, 0.1) is 22.6 Å². The first-order valence-corrected chi connectivity index (χ1v) is 6.65. The topological polar surface area (TPSA) is 105 Å². The normalized spacial score (nSPS) is 11.9. The Bertz CT molecular complexity index is 690. The van der Waals surface area contributed by atoms with Gasteiger partial charge in [-0.05, 0) is 13.0 Å². The Hall–Kier alpha value is -2.55. The average Bonchev–Trinajstić information content (AvgIpc) is 2.93. The van der Waals surface area contributed by atoms with Crippen molar-refractivity contribution in [3.05, 3.63) is 50.2 Å². The van der Waals surface area contributed by atoms with Gasteiger partial charge < -0.3 is 10.4 Å². The second kappa shape index (κ2) is 5.83. The molecule has 1 heterocycles. The number of nitrogens with one attached hydrogen (secondary N) is 1. The van der Waals surface area contributed by atoms with Gasteiger partial charge in [-0.3, -0.25) is 10.1 Å². The van der Waals surface area contributed by atoms with E-state index in [1.54, 1.807) is 18.5 Å². The molecule has 0 aliphatic rings. The molecule has 0 radical (unpaired) electrons. The van der Waals surface area contributed by atoms with Gasteiger partial charge in [-0.1, -0.05) is 0 Å². The van der Waals surface area contributed by atoms with Gasteiger partial charge in [0, 0.05) is 11.6 Å². The summed E-state index contributed by atoms with van der Waals surface area (Å²) in [6.07, 6.45) is 1.58. The lowest BCUT2D eigenvalue weighted by molar-refractivity contribution is -0.384. The lowest BCUT2D eigenvalue weighted by Crippen LogP contribution is -2.10. The van der Waals surface area contributed by atoms with Crippen molar-refractivity contribution < 1.29 is 19.2 Å².